The van der Waals surface area contributed by atoms with Gasteiger partial charge in [0.1, 0.15) is 0 Å². The maximum atomic E-state index is 10.2. The average Bonchev–Trinajstić information content (AvgIpc) is 1.98. The number of hydrogen-bond acceptors (Lipinski definition) is 4. The standard InChI is InChI=1S/C4H5NO3/c5-3-2(6)1-8-4(3)7/h6H,1,5H2. The molecule has 0 amide bonds. The summed E-state index contributed by atoms with van der Waals surface area (Å²) in [5.41, 5.74) is 4.80. The first kappa shape index (κ1) is 4.96. The van der Waals surface area contributed by atoms with Crippen LogP contribution in [-0.4, -0.2) is 17.7 Å². The fraction of sp³-hybridized carbons (Fsp3) is 0.250. The molecule has 4 heteroatoms. The molecule has 0 aromatic rings. The minimum atomic E-state index is -0.637. The number of cyclic esters (lactones) is 1. The van der Waals surface area contributed by atoms with Crippen LogP contribution < -0.4 is 5.73 Å². The van der Waals surface area contributed by atoms with Crippen LogP contribution in [0.2, 0.25) is 0 Å². The Hall–Kier alpha value is -1.19. The highest BCUT2D eigenvalue weighted by Gasteiger charge is 2.20. The van der Waals surface area contributed by atoms with Crippen LogP contribution in [0.5, 0.6) is 0 Å². The zero-order valence-electron chi connectivity index (χ0n) is 4.05. The molecule has 0 saturated heterocycles. The van der Waals surface area contributed by atoms with Crippen LogP contribution in [0, 0.1) is 0 Å². The van der Waals surface area contributed by atoms with E-state index >= 15 is 0 Å². The first-order chi connectivity index (χ1) is 3.72. The van der Waals surface area contributed by atoms with E-state index in [1.807, 2.05) is 0 Å². The van der Waals surface area contributed by atoms with Gasteiger partial charge in [-0.15, -0.1) is 0 Å². The highest BCUT2D eigenvalue weighted by Crippen LogP contribution is 2.05. The summed E-state index contributed by atoms with van der Waals surface area (Å²) in [5.74, 6) is -0.808. The Balaban J connectivity index is 2.86. The maximum Gasteiger partial charge on any atom is 0.358 e. The van der Waals surface area contributed by atoms with Crippen molar-refractivity contribution in [1.82, 2.24) is 0 Å². The molecule has 8 heavy (non-hydrogen) atoms. The van der Waals surface area contributed by atoms with Gasteiger partial charge >= 0.3 is 5.97 Å². The van der Waals surface area contributed by atoms with Crippen LogP contribution in [0.4, 0.5) is 0 Å². The third-order valence-electron chi connectivity index (χ3n) is 0.871. The molecule has 1 aliphatic heterocycles. The van der Waals surface area contributed by atoms with Crippen LogP contribution in [0.15, 0.2) is 11.5 Å². The molecule has 0 radical (unpaired) electrons. The van der Waals surface area contributed by atoms with Crippen LogP contribution in [0.1, 0.15) is 0 Å². The second kappa shape index (κ2) is 1.40. The quantitative estimate of drug-likeness (QED) is 0.408. The molecule has 0 saturated carbocycles. The van der Waals surface area contributed by atoms with Crippen molar-refractivity contribution in [2.75, 3.05) is 6.61 Å². The van der Waals surface area contributed by atoms with Crippen molar-refractivity contribution >= 4 is 5.97 Å². The molecule has 1 heterocycles. The SMILES string of the molecule is NC1=C(O)COC1=O. The lowest BCUT2D eigenvalue weighted by Crippen LogP contribution is -2.07. The lowest BCUT2D eigenvalue weighted by atomic mass is 10.4. The van der Waals surface area contributed by atoms with E-state index in [2.05, 4.69) is 4.74 Å². The Morgan fingerprint density at radius 3 is 2.50 bits per heavy atom. The van der Waals surface area contributed by atoms with Gasteiger partial charge in [-0.2, -0.15) is 0 Å². The smallest absolute Gasteiger partial charge is 0.358 e. The number of ether oxygens (including phenoxy) is 1. The summed E-state index contributed by atoms with van der Waals surface area (Å²) < 4.78 is 4.29. The van der Waals surface area contributed by atoms with Gasteiger partial charge < -0.3 is 15.6 Å². The Kier molecular flexibility index (Phi) is 0.865. The molecule has 0 aliphatic carbocycles. The van der Waals surface area contributed by atoms with Crippen LogP contribution in [0.25, 0.3) is 0 Å². The summed E-state index contributed by atoms with van der Waals surface area (Å²) in [6.07, 6.45) is 0. The second-order valence-corrected chi connectivity index (χ2v) is 1.44. The number of esters is 1. The predicted molar refractivity (Wildman–Crippen MR) is 24.8 cm³/mol. The van der Waals surface area contributed by atoms with Gasteiger partial charge in [-0.1, -0.05) is 0 Å². The largest absolute Gasteiger partial charge is 0.506 e. The van der Waals surface area contributed by atoms with Gasteiger partial charge in [0.25, 0.3) is 0 Å². The summed E-state index contributed by atoms with van der Waals surface area (Å²) in [5, 5.41) is 8.58. The number of carbonyl (C=O) groups excluding carboxylic acids is 1. The molecule has 4 nitrogen and oxygen atoms in total. The highest BCUT2D eigenvalue weighted by atomic mass is 16.5. The molecule has 0 fully saturated rings. The van der Waals surface area contributed by atoms with Crippen molar-refractivity contribution in [3.63, 3.8) is 0 Å². The first-order valence-corrected chi connectivity index (χ1v) is 2.06. The van der Waals surface area contributed by atoms with Gasteiger partial charge in [0, 0.05) is 0 Å². The Bertz CT molecular complexity index is 161. The van der Waals surface area contributed by atoms with Crippen LogP contribution >= 0.6 is 0 Å². The fourth-order valence-electron chi connectivity index (χ4n) is 0.407. The second-order valence-electron chi connectivity index (χ2n) is 1.44. The van der Waals surface area contributed by atoms with Crippen molar-refractivity contribution in [3.05, 3.63) is 11.5 Å². The number of hydrogen-bond donors (Lipinski definition) is 2. The summed E-state index contributed by atoms with van der Waals surface area (Å²) in [7, 11) is 0. The number of nitrogens with two attached hydrogens (primary N) is 1. The van der Waals surface area contributed by atoms with Crippen molar-refractivity contribution in [2.24, 2.45) is 5.73 Å². The van der Waals surface area contributed by atoms with Gasteiger partial charge in [0.2, 0.25) is 0 Å². The van der Waals surface area contributed by atoms with E-state index in [0.717, 1.165) is 0 Å². The van der Waals surface area contributed by atoms with Gasteiger partial charge in [-0.3, -0.25) is 0 Å². The van der Waals surface area contributed by atoms with E-state index in [0.29, 0.717) is 0 Å². The monoisotopic (exact) mass is 115 g/mol. The third kappa shape index (κ3) is 0.501. The number of rotatable bonds is 0. The highest BCUT2D eigenvalue weighted by molar-refractivity contribution is 5.89. The molecule has 44 valence electrons. The van der Waals surface area contributed by atoms with Crippen LogP contribution in [0.3, 0.4) is 0 Å². The fourth-order valence-corrected chi connectivity index (χ4v) is 0.407. The maximum absolute atomic E-state index is 10.2. The number of aliphatic hydroxyl groups excluding tert-OH is 1. The van der Waals surface area contributed by atoms with E-state index in [1.165, 1.54) is 0 Å². The van der Waals surface area contributed by atoms with Crippen molar-refractivity contribution < 1.29 is 14.6 Å². The average molecular weight is 115 g/mol. The third-order valence-corrected chi connectivity index (χ3v) is 0.871. The normalized spacial score (nSPS) is 19.2. The molecule has 3 N–H and O–H groups in total. The summed E-state index contributed by atoms with van der Waals surface area (Å²) in [4.78, 5) is 10.2. The molecular weight excluding hydrogens is 110 g/mol. The number of carbonyl (C=O) groups is 1. The minimum absolute atomic E-state index is 0.0787. The van der Waals surface area contributed by atoms with Crippen molar-refractivity contribution in [3.8, 4) is 0 Å². The lowest BCUT2D eigenvalue weighted by Gasteiger charge is -1.84. The van der Waals surface area contributed by atoms with Gasteiger partial charge in [-0.25, -0.2) is 4.79 Å². The molecule has 0 atom stereocenters. The summed E-state index contributed by atoms with van der Waals surface area (Å²) in [6, 6.07) is 0. The predicted octanol–water partition coefficient (Wildman–Crippen LogP) is -0.728. The van der Waals surface area contributed by atoms with Crippen LogP contribution in [-0.2, 0) is 9.53 Å². The van der Waals surface area contributed by atoms with E-state index in [1.54, 1.807) is 0 Å². The summed E-state index contributed by atoms with van der Waals surface area (Å²) in [6.45, 7) is -0.0787. The van der Waals surface area contributed by atoms with E-state index in [4.69, 9.17) is 10.8 Å². The van der Waals surface area contributed by atoms with Gasteiger partial charge in [-0.05, 0) is 0 Å². The molecular formula is C4H5NO3. The molecule has 1 rings (SSSR count). The molecule has 0 unspecified atom stereocenters. The Morgan fingerprint density at radius 2 is 2.38 bits per heavy atom. The zero-order valence-corrected chi connectivity index (χ0v) is 4.05. The Morgan fingerprint density at radius 1 is 1.75 bits per heavy atom. The lowest BCUT2D eigenvalue weighted by molar-refractivity contribution is -0.136. The molecule has 1 aliphatic rings. The summed E-state index contributed by atoms with van der Waals surface area (Å²) >= 11 is 0. The van der Waals surface area contributed by atoms with E-state index in [-0.39, 0.29) is 18.1 Å². The minimum Gasteiger partial charge on any atom is -0.506 e. The molecule has 0 bridgehead atoms. The topological polar surface area (TPSA) is 72.6 Å². The van der Waals surface area contributed by atoms with E-state index < -0.39 is 5.97 Å². The van der Waals surface area contributed by atoms with Gasteiger partial charge in [0.05, 0.1) is 0 Å². The van der Waals surface area contributed by atoms with E-state index in [9.17, 15) is 4.79 Å². The van der Waals surface area contributed by atoms with Crippen molar-refractivity contribution in [2.45, 2.75) is 0 Å². The Labute approximate surface area is 45.5 Å². The zero-order chi connectivity index (χ0) is 6.15. The molecule has 0 aromatic carbocycles. The first-order valence-electron chi connectivity index (χ1n) is 2.06. The van der Waals surface area contributed by atoms with Gasteiger partial charge in [0.15, 0.2) is 18.1 Å². The van der Waals surface area contributed by atoms with Crippen molar-refractivity contribution in [1.29, 1.82) is 0 Å². The molecule has 0 spiro atoms. The molecule has 0 aromatic heterocycles. The number of aliphatic hydroxyl groups is 1.